The predicted molar refractivity (Wildman–Crippen MR) is 307 cm³/mol. The molecule has 0 aliphatic carbocycles. The minimum Gasteiger partial charge on any atom is -0.309 e. The second-order valence-electron chi connectivity index (χ2n) is 18.8. The maximum atomic E-state index is 2.48. The van der Waals surface area contributed by atoms with E-state index in [1.165, 1.54) is 92.7 Å². The summed E-state index contributed by atoms with van der Waals surface area (Å²) in [7, 11) is 0. The van der Waals surface area contributed by atoms with Gasteiger partial charge in [-0.25, -0.2) is 0 Å². The molecule has 0 amide bonds. The van der Waals surface area contributed by atoms with Gasteiger partial charge in [0.15, 0.2) is 0 Å². The van der Waals surface area contributed by atoms with Gasteiger partial charge in [-0.3, -0.25) is 0 Å². The van der Waals surface area contributed by atoms with Gasteiger partial charge in [0.2, 0.25) is 0 Å². The lowest BCUT2D eigenvalue weighted by Crippen LogP contribution is -2.12. The lowest BCUT2D eigenvalue weighted by molar-refractivity contribution is 1.18. The molecule has 14 rings (SSSR count). The Balaban J connectivity index is 0.987. The second-order valence-corrected chi connectivity index (χ2v) is 18.8. The van der Waals surface area contributed by atoms with Crippen molar-refractivity contribution in [1.82, 2.24) is 4.57 Å². The molecule has 0 bridgehead atoms. The van der Waals surface area contributed by atoms with E-state index in [1.54, 1.807) is 0 Å². The number of hydrogen-bond acceptors (Lipinski definition) is 1. The monoisotopic (exact) mass is 914 g/mol. The van der Waals surface area contributed by atoms with E-state index in [1.807, 2.05) is 0 Å². The normalized spacial score (nSPS) is 11.6. The number of para-hydroxylation sites is 2. The van der Waals surface area contributed by atoms with Gasteiger partial charge in [-0.05, 0) is 132 Å². The maximum Gasteiger partial charge on any atom is 0.0547 e. The van der Waals surface area contributed by atoms with Crippen molar-refractivity contribution in [2.24, 2.45) is 0 Å². The summed E-state index contributed by atoms with van der Waals surface area (Å²) in [4.78, 5) is 2.48. The first-order valence-electron chi connectivity index (χ1n) is 24.8. The van der Waals surface area contributed by atoms with Crippen LogP contribution < -0.4 is 4.90 Å². The molecule has 14 aromatic rings. The van der Waals surface area contributed by atoms with Crippen LogP contribution in [0, 0.1) is 0 Å². The molecule has 0 saturated heterocycles. The van der Waals surface area contributed by atoms with Crippen molar-refractivity contribution in [3.05, 3.63) is 279 Å². The summed E-state index contributed by atoms with van der Waals surface area (Å²) in [6, 6.07) is 103. The van der Waals surface area contributed by atoms with Crippen molar-refractivity contribution in [3.63, 3.8) is 0 Å². The van der Waals surface area contributed by atoms with Gasteiger partial charge in [-0.1, -0.05) is 218 Å². The SMILES string of the molecule is c1ccc(-c2ccc(-n3c4ccccc4c4cc5ccccc5cc43)c(-c3ccc(N(c4ccccc4-c4cccc5ccccc45)c4ccc(-c5ccc6ccccc6c5)c5ccccc45)cc3)c2)cc1. The third kappa shape index (κ3) is 6.95. The summed E-state index contributed by atoms with van der Waals surface area (Å²) in [5, 5.41) is 12.3. The fourth-order valence-corrected chi connectivity index (χ4v) is 11.3. The molecule has 0 N–H and O–H groups in total. The summed E-state index contributed by atoms with van der Waals surface area (Å²) in [6.07, 6.45) is 0. The van der Waals surface area contributed by atoms with Gasteiger partial charge < -0.3 is 9.47 Å². The zero-order chi connectivity index (χ0) is 47.5. The number of aromatic nitrogens is 1. The Bertz CT molecular complexity index is 4390. The van der Waals surface area contributed by atoms with E-state index in [0.717, 1.165) is 39.4 Å². The first kappa shape index (κ1) is 41.5. The molecule has 2 nitrogen and oxygen atoms in total. The molecule has 1 heterocycles. The second kappa shape index (κ2) is 17.2. The smallest absolute Gasteiger partial charge is 0.0547 e. The van der Waals surface area contributed by atoms with Crippen molar-refractivity contribution < 1.29 is 0 Å². The molecule has 0 spiro atoms. The van der Waals surface area contributed by atoms with Gasteiger partial charge in [-0.15, -0.1) is 0 Å². The van der Waals surface area contributed by atoms with Crippen LogP contribution in [0.25, 0.3) is 115 Å². The summed E-state index contributed by atoms with van der Waals surface area (Å²) >= 11 is 0. The Kier molecular flexibility index (Phi) is 9.89. The maximum absolute atomic E-state index is 2.48. The minimum atomic E-state index is 1.07. The zero-order valence-electron chi connectivity index (χ0n) is 39.5. The molecular weight excluding hydrogens is 869 g/mol. The van der Waals surface area contributed by atoms with Crippen LogP contribution in [-0.2, 0) is 0 Å². The lowest BCUT2D eigenvalue weighted by Gasteiger charge is -2.30. The van der Waals surface area contributed by atoms with Gasteiger partial charge in [0.05, 0.1) is 28.1 Å². The Hall–Kier alpha value is -9.50. The van der Waals surface area contributed by atoms with Gasteiger partial charge >= 0.3 is 0 Å². The number of anilines is 3. The van der Waals surface area contributed by atoms with E-state index in [4.69, 9.17) is 0 Å². The topological polar surface area (TPSA) is 8.17 Å². The molecule has 0 atom stereocenters. The highest BCUT2D eigenvalue weighted by molar-refractivity contribution is 6.14. The molecular formula is C70H46N2. The summed E-state index contributed by atoms with van der Waals surface area (Å²) in [5.41, 5.74) is 16.2. The molecule has 0 fully saturated rings. The summed E-state index contributed by atoms with van der Waals surface area (Å²) in [5.74, 6) is 0. The van der Waals surface area contributed by atoms with E-state index in [9.17, 15) is 0 Å². The molecule has 0 saturated carbocycles. The average Bonchev–Trinajstić information content (AvgIpc) is 3.77. The minimum absolute atomic E-state index is 1.07. The molecule has 0 aliphatic rings. The third-order valence-corrected chi connectivity index (χ3v) is 14.7. The van der Waals surface area contributed by atoms with E-state index in [0.29, 0.717) is 0 Å². The van der Waals surface area contributed by atoms with Crippen molar-refractivity contribution in [3.8, 4) is 50.2 Å². The van der Waals surface area contributed by atoms with Crippen molar-refractivity contribution in [1.29, 1.82) is 0 Å². The van der Waals surface area contributed by atoms with Gasteiger partial charge in [0.1, 0.15) is 0 Å². The molecule has 1 aromatic heterocycles. The van der Waals surface area contributed by atoms with Gasteiger partial charge in [-0.2, -0.15) is 0 Å². The van der Waals surface area contributed by atoms with Crippen molar-refractivity contribution in [2.75, 3.05) is 4.90 Å². The van der Waals surface area contributed by atoms with Gasteiger partial charge in [0.25, 0.3) is 0 Å². The molecule has 0 radical (unpaired) electrons. The average molecular weight is 915 g/mol. The first-order chi connectivity index (χ1) is 35.7. The number of fused-ring (bicyclic) bond motifs is 7. The van der Waals surface area contributed by atoms with Crippen LogP contribution in [0.1, 0.15) is 0 Å². The lowest BCUT2D eigenvalue weighted by atomic mass is 9.93. The van der Waals surface area contributed by atoms with Gasteiger partial charge in [0, 0.05) is 33.0 Å². The first-order valence-corrected chi connectivity index (χ1v) is 24.8. The highest BCUT2D eigenvalue weighted by Gasteiger charge is 2.23. The number of nitrogens with zero attached hydrogens (tertiary/aromatic N) is 2. The molecule has 0 unspecified atom stereocenters. The van der Waals surface area contributed by atoms with Crippen LogP contribution in [0.2, 0.25) is 0 Å². The fraction of sp³-hybridized carbons (Fsp3) is 0. The van der Waals surface area contributed by atoms with Crippen LogP contribution in [0.4, 0.5) is 17.1 Å². The van der Waals surface area contributed by atoms with Crippen LogP contribution in [0.5, 0.6) is 0 Å². The molecule has 72 heavy (non-hydrogen) atoms. The number of rotatable bonds is 8. The largest absolute Gasteiger partial charge is 0.309 e. The molecule has 13 aromatic carbocycles. The van der Waals surface area contributed by atoms with Crippen molar-refractivity contribution >= 4 is 82.0 Å². The highest BCUT2D eigenvalue weighted by atomic mass is 15.1. The van der Waals surface area contributed by atoms with E-state index < -0.39 is 0 Å². The summed E-state index contributed by atoms with van der Waals surface area (Å²) < 4.78 is 2.48. The summed E-state index contributed by atoms with van der Waals surface area (Å²) in [6.45, 7) is 0. The van der Waals surface area contributed by atoms with Crippen LogP contribution >= 0.6 is 0 Å². The quantitative estimate of drug-likeness (QED) is 0.147. The Morgan fingerprint density at radius 3 is 1.65 bits per heavy atom. The van der Waals surface area contributed by atoms with E-state index in [2.05, 4.69) is 289 Å². The molecule has 0 aliphatic heterocycles. The number of benzene rings is 13. The molecule has 2 heteroatoms. The Morgan fingerprint density at radius 2 is 0.833 bits per heavy atom. The highest BCUT2D eigenvalue weighted by Crippen LogP contribution is 2.47. The number of hydrogen-bond donors (Lipinski definition) is 0. The zero-order valence-corrected chi connectivity index (χ0v) is 39.5. The van der Waals surface area contributed by atoms with Crippen LogP contribution in [-0.4, -0.2) is 4.57 Å². The van der Waals surface area contributed by atoms with Crippen LogP contribution in [0.15, 0.2) is 279 Å². The predicted octanol–water partition coefficient (Wildman–Crippen LogP) is 19.5. The molecule has 336 valence electrons. The van der Waals surface area contributed by atoms with Crippen molar-refractivity contribution in [2.45, 2.75) is 0 Å². The third-order valence-electron chi connectivity index (χ3n) is 14.7. The van der Waals surface area contributed by atoms with E-state index in [-0.39, 0.29) is 0 Å². The standard InChI is InChI=1S/C70H46N2/c1-2-17-47(18-3-1)54-37-41-69(72-67-32-15-13-29-63(67)65-45-52-22-6-7-23-53(52)46-70(65)72)64(44-54)50-35-38-56(39-36-50)71(66-31-14-12-28-61(66)60-30-16-24-49-20-8-9-25-57(49)60)68-42-40-58(59-26-10-11-27-62(59)68)55-34-33-48-19-4-5-21-51(48)43-55/h1-46H. The Morgan fingerprint density at radius 1 is 0.236 bits per heavy atom. The van der Waals surface area contributed by atoms with E-state index >= 15 is 0 Å². The Labute approximate surface area is 418 Å². The van der Waals surface area contributed by atoms with Crippen LogP contribution in [0.3, 0.4) is 0 Å². The fourth-order valence-electron chi connectivity index (χ4n) is 11.3.